The topological polar surface area (TPSA) is 85.8 Å². The molecule has 0 radical (unpaired) electrons. The number of nitriles is 1. The molecule has 1 heterocycles. The fourth-order valence-corrected chi connectivity index (χ4v) is 4.57. The number of nitrogens with one attached hydrogen (secondary N) is 2. The molecular weight excluding hydrogens is 341 g/mol. The number of nitrogens with zero attached hydrogens (tertiary/aromatic N) is 1. The zero-order valence-corrected chi connectivity index (χ0v) is 14.0. The van der Waals surface area contributed by atoms with Gasteiger partial charge >= 0.3 is 0 Å². The molecule has 3 aromatic rings. The van der Waals surface area contributed by atoms with E-state index in [2.05, 4.69) is 9.71 Å². The summed E-state index contributed by atoms with van der Waals surface area (Å²) in [5.74, 6) is -0.764. The lowest BCUT2D eigenvalue weighted by Crippen LogP contribution is -2.12. The van der Waals surface area contributed by atoms with E-state index in [0.717, 1.165) is 30.8 Å². The Morgan fingerprint density at radius 3 is 2.80 bits per heavy atom. The molecule has 0 aliphatic heterocycles. The van der Waals surface area contributed by atoms with Crippen molar-refractivity contribution >= 4 is 26.6 Å². The summed E-state index contributed by atoms with van der Waals surface area (Å²) in [5, 5.41) is 9.38. The Kier molecular flexibility index (Phi) is 3.51. The number of aromatic nitrogens is 1. The maximum atomic E-state index is 13.7. The van der Waals surface area contributed by atoms with Crippen LogP contribution in [-0.2, 0) is 22.9 Å². The highest BCUT2D eigenvalue weighted by atomic mass is 32.2. The van der Waals surface area contributed by atoms with Crippen molar-refractivity contribution in [3.05, 3.63) is 59.0 Å². The first-order valence-corrected chi connectivity index (χ1v) is 9.32. The van der Waals surface area contributed by atoms with E-state index in [1.54, 1.807) is 6.07 Å². The molecule has 0 unspecified atom stereocenters. The van der Waals surface area contributed by atoms with Gasteiger partial charge in [-0.05, 0) is 48.6 Å². The van der Waals surface area contributed by atoms with E-state index in [4.69, 9.17) is 5.26 Å². The largest absolute Gasteiger partial charge is 0.360 e. The highest BCUT2D eigenvalue weighted by Gasteiger charge is 2.23. The Morgan fingerprint density at radius 1 is 1.20 bits per heavy atom. The molecule has 0 amide bonds. The molecule has 126 valence electrons. The van der Waals surface area contributed by atoms with Gasteiger partial charge in [0.2, 0.25) is 0 Å². The molecule has 25 heavy (non-hydrogen) atoms. The number of fused-ring (bicyclic) bond motifs is 3. The summed E-state index contributed by atoms with van der Waals surface area (Å²) in [5.41, 5.74) is 3.21. The van der Waals surface area contributed by atoms with Gasteiger partial charge in [-0.1, -0.05) is 12.1 Å². The van der Waals surface area contributed by atoms with Gasteiger partial charge in [0.05, 0.1) is 16.8 Å². The Morgan fingerprint density at radius 2 is 2.04 bits per heavy atom. The van der Waals surface area contributed by atoms with Crippen molar-refractivity contribution in [3.8, 4) is 6.07 Å². The van der Waals surface area contributed by atoms with Crippen molar-refractivity contribution in [3.63, 3.8) is 0 Å². The SMILES string of the molecule is N#Cc1ccc(NS(=O)(=O)c2c[nH]c3c4c(ccc23)CCC4)cc1F. The van der Waals surface area contributed by atoms with Gasteiger partial charge in [0.1, 0.15) is 16.8 Å². The lowest BCUT2D eigenvalue weighted by atomic mass is 10.1. The molecule has 0 bridgehead atoms. The first-order chi connectivity index (χ1) is 12.0. The Hall–Kier alpha value is -2.85. The van der Waals surface area contributed by atoms with Gasteiger partial charge in [0.15, 0.2) is 0 Å². The first-order valence-electron chi connectivity index (χ1n) is 7.84. The van der Waals surface area contributed by atoms with Crippen molar-refractivity contribution < 1.29 is 12.8 Å². The number of benzene rings is 2. The average molecular weight is 355 g/mol. The van der Waals surface area contributed by atoms with Crippen LogP contribution in [0.2, 0.25) is 0 Å². The summed E-state index contributed by atoms with van der Waals surface area (Å²) in [6, 6.07) is 9.10. The molecule has 0 atom stereocenters. The van der Waals surface area contributed by atoms with Crippen LogP contribution in [0.4, 0.5) is 10.1 Å². The number of H-pyrrole nitrogens is 1. The maximum absolute atomic E-state index is 13.7. The predicted octanol–water partition coefficient (Wildman–Crippen LogP) is 3.47. The van der Waals surface area contributed by atoms with Crippen molar-refractivity contribution in [1.29, 1.82) is 5.26 Å². The van der Waals surface area contributed by atoms with Crippen molar-refractivity contribution in [1.82, 2.24) is 4.98 Å². The maximum Gasteiger partial charge on any atom is 0.264 e. The zero-order chi connectivity index (χ0) is 17.6. The molecule has 1 aromatic heterocycles. The fourth-order valence-electron chi connectivity index (χ4n) is 3.35. The number of aryl methyl sites for hydroxylation is 2. The summed E-state index contributed by atoms with van der Waals surface area (Å²) >= 11 is 0. The van der Waals surface area contributed by atoms with Gasteiger partial charge < -0.3 is 4.98 Å². The quantitative estimate of drug-likeness (QED) is 0.754. The number of halogens is 1. The minimum atomic E-state index is -3.88. The predicted molar refractivity (Wildman–Crippen MR) is 92.2 cm³/mol. The van der Waals surface area contributed by atoms with Gasteiger partial charge in [-0.15, -0.1) is 0 Å². The third kappa shape index (κ3) is 2.55. The standard InChI is InChI=1S/C18H14FN3O2S/c19-16-8-13(6-4-12(16)9-20)22-25(23,24)17-10-21-18-14-3-1-2-11(14)5-7-15(17)18/h4-8,10,21-22H,1-3H2. The summed E-state index contributed by atoms with van der Waals surface area (Å²) in [6.45, 7) is 0. The highest BCUT2D eigenvalue weighted by molar-refractivity contribution is 7.93. The van der Waals surface area contributed by atoms with Crippen LogP contribution in [0.5, 0.6) is 0 Å². The first kappa shape index (κ1) is 15.7. The summed E-state index contributed by atoms with van der Waals surface area (Å²) < 4.78 is 41.5. The Balaban J connectivity index is 1.75. The van der Waals surface area contributed by atoms with E-state index in [-0.39, 0.29) is 16.1 Å². The van der Waals surface area contributed by atoms with E-state index in [1.807, 2.05) is 12.1 Å². The van der Waals surface area contributed by atoms with E-state index in [0.29, 0.717) is 5.39 Å². The van der Waals surface area contributed by atoms with Gasteiger partial charge in [-0.2, -0.15) is 5.26 Å². The van der Waals surface area contributed by atoms with Gasteiger partial charge in [-0.25, -0.2) is 12.8 Å². The van der Waals surface area contributed by atoms with E-state index in [1.165, 1.54) is 29.5 Å². The second kappa shape index (κ2) is 5.60. The van der Waals surface area contributed by atoms with E-state index in [9.17, 15) is 12.8 Å². The summed E-state index contributed by atoms with van der Waals surface area (Å²) in [7, 11) is -3.88. The normalized spacial score (nSPS) is 13.6. The van der Waals surface area contributed by atoms with Crippen LogP contribution in [0.3, 0.4) is 0 Å². The molecule has 4 rings (SSSR count). The van der Waals surface area contributed by atoms with E-state index >= 15 is 0 Å². The number of aromatic amines is 1. The van der Waals surface area contributed by atoms with Crippen LogP contribution in [0.15, 0.2) is 41.4 Å². The second-order valence-corrected chi connectivity index (χ2v) is 7.70. The molecule has 0 saturated carbocycles. The third-order valence-electron chi connectivity index (χ3n) is 4.53. The zero-order valence-electron chi connectivity index (χ0n) is 13.1. The van der Waals surface area contributed by atoms with E-state index < -0.39 is 15.8 Å². The van der Waals surface area contributed by atoms with Crippen LogP contribution >= 0.6 is 0 Å². The van der Waals surface area contributed by atoms with Crippen LogP contribution < -0.4 is 4.72 Å². The molecule has 0 saturated heterocycles. The molecule has 2 aromatic carbocycles. The Bertz CT molecular complexity index is 1140. The van der Waals surface area contributed by atoms with Gasteiger partial charge in [0.25, 0.3) is 10.0 Å². The lowest BCUT2D eigenvalue weighted by molar-refractivity contribution is 0.602. The van der Waals surface area contributed by atoms with Crippen LogP contribution in [0.1, 0.15) is 23.1 Å². The summed E-state index contributed by atoms with van der Waals surface area (Å²) in [6.07, 6.45) is 4.47. The monoisotopic (exact) mass is 355 g/mol. The lowest BCUT2D eigenvalue weighted by Gasteiger charge is -2.08. The molecule has 1 aliphatic rings. The van der Waals surface area contributed by atoms with Crippen molar-refractivity contribution in [2.24, 2.45) is 0 Å². The second-order valence-electron chi connectivity index (χ2n) is 6.04. The highest BCUT2D eigenvalue weighted by Crippen LogP contribution is 2.33. The fraction of sp³-hybridized carbons (Fsp3) is 0.167. The molecule has 2 N–H and O–H groups in total. The third-order valence-corrected chi connectivity index (χ3v) is 5.95. The van der Waals surface area contributed by atoms with Crippen molar-refractivity contribution in [2.45, 2.75) is 24.2 Å². The smallest absolute Gasteiger partial charge is 0.264 e. The molecule has 5 nitrogen and oxygen atoms in total. The molecular formula is C18H14FN3O2S. The number of hydrogen-bond donors (Lipinski definition) is 2. The average Bonchev–Trinajstić information content (AvgIpc) is 3.20. The van der Waals surface area contributed by atoms with Crippen LogP contribution in [0, 0.1) is 17.1 Å². The number of sulfonamides is 1. The van der Waals surface area contributed by atoms with Gasteiger partial charge in [0, 0.05) is 11.6 Å². The molecule has 0 spiro atoms. The minimum absolute atomic E-state index is 0.0759. The minimum Gasteiger partial charge on any atom is -0.360 e. The van der Waals surface area contributed by atoms with Crippen LogP contribution in [0.25, 0.3) is 10.9 Å². The number of hydrogen-bond acceptors (Lipinski definition) is 3. The number of anilines is 1. The summed E-state index contributed by atoms with van der Waals surface area (Å²) in [4.78, 5) is 3.20. The number of rotatable bonds is 3. The molecule has 1 aliphatic carbocycles. The molecule has 7 heteroatoms. The Labute approximate surface area is 144 Å². The van der Waals surface area contributed by atoms with Crippen LogP contribution in [-0.4, -0.2) is 13.4 Å². The van der Waals surface area contributed by atoms with Gasteiger partial charge in [-0.3, -0.25) is 4.72 Å². The van der Waals surface area contributed by atoms with Crippen molar-refractivity contribution in [2.75, 3.05) is 4.72 Å². The molecule has 0 fully saturated rings.